The number of benzene rings is 1. The van der Waals surface area contributed by atoms with E-state index in [1.807, 2.05) is 30.3 Å². The molecule has 0 bridgehead atoms. The van der Waals surface area contributed by atoms with Crippen molar-refractivity contribution in [1.82, 2.24) is 5.32 Å². The molecule has 1 aromatic carbocycles. The average Bonchev–Trinajstić information content (AvgIpc) is 2.34. The van der Waals surface area contributed by atoms with Gasteiger partial charge in [0.1, 0.15) is 0 Å². The quantitative estimate of drug-likeness (QED) is 0.843. The number of halogens is 3. The molecule has 0 saturated heterocycles. The van der Waals surface area contributed by atoms with Crippen LogP contribution >= 0.6 is 0 Å². The molecule has 0 spiro atoms. The fraction of sp³-hybridized carbons (Fsp3) is 0.500. The minimum atomic E-state index is -4.29. The third-order valence-electron chi connectivity index (χ3n) is 2.91. The summed E-state index contributed by atoms with van der Waals surface area (Å²) in [6, 6.07) is 8.30. The van der Waals surface area contributed by atoms with Crippen LogP contribution in [0.4, 0.5) is 13.2 Å². The van der Waals surface area contributed by atoms with Crippen LogP contribution in [0, 0.1) is 5.92 Å². The minimum absolute atomic E-state index is 0.0967. The van der Waals surface area contributed by atoms with Crippen molar-refractivity contribution in [1.29, 1.82) is 0 Å². The normalized spacial score (nSPS) is 14.7. The number of rotatable bonds is 6. The molecule has 112 valence electrons. The van der Waals surface area contributed by atoms with Gasteiger partial charge in [-0.2, -0.15) is 13.2 Å². The lowest BCUT2D eigenvalue weighted by Crippen LogP contribution is -2.42. The van der Waals surface area contributed by atoms with Crippen LogP contribution < -0.4 is 11.1 Å². The third kappa shape index (κ3) is 6.06. The number of carbonyl (C=O) groups excluding carboxylic acids is 1. The van der Waals surface area contributed by atoms with Gasteiger partial charge < -0.3 is 11.1 Å². The van der Waals surface area contributed by atoms with Crippen LogP contribution in [0.1, 0.15) is 18.9 Å². The molecule has 0 aliphatic carbocycles. The predicted octanol–water partition coefficient (Wildman–Crippen LogP) is 2.26. The lowest BCUT2D eigenvalue weighted by atomic mass is 9.98. The van der Waals surface area contributed by atoms with E-state index in [4.69, 9.17) is 5.73 Å². The second-order valence-electron chi connectivity index (χ2n) is 4.85. The van der Waals surface area contributed by atoms with Crippen LogP contribution in [0.5, 0.6) is 0 Å². The molecule has 3 N–H and O–H groups in total. The molecule has 3 nitrogen and oxygen atoms in total. The fourth-order valence-electron chi connectivity index (χ4n) is 1.94. The highest BCUT2D eigenvalue weighted by Gasteiger charge is 2.31. The Labute approximate surface area is 116 Å². The minimum Gasteiger partial charge on any atom is -0.353 e. The SMILES string of the molecule is CC(CC(F)(F)F)NC(=O)C(CN)Cc1ccccc1. The molecule has 0 heterocycles. The Balaban J connectivity index is 2.55. The highest BCUT2D eigenvalue weighted by Crippen LogP contribution is 2.21. The van der Waals surface area contributed by atoms with Crippen molar-refractivity contribution >= 4 is 5.91 Å². The summed E-state index contributed by atoms with van der Waals surface area (Å²) in [5.74, 6) is -0.957. The van der Waals surface area contributed by atoms with Gasteiger partial charge >= 0.3 is 6.18 Å². The zero-order valence-electron chi connectivity index (χ0n) is 11.3. The number of amides is 1. The van der Waals surface area contributed by atoms with Gasteiger partial charge in [0.25, 0.3) is 0 Å². The highest BCUT2D eigenvalue weighted by molar-refractivity contribution is 5.79. The van der Waals surface area contributed by atoms with Crippen LogP contribution in [0.3, 0.4) is 0 Å². The van der Waals surface area contributed by atoms with Gasteiger partial charge in [-0.05, 0) is 18.9 Å². The maximum Gasteiger partial charge on any atom is 0.391 e. The van der Waals surface area contributed by atoms with Gasteiger partial charge in [-0.1, -0.05) is 30.3 Å². The summed E-state index contributed by atoms with van der Waals surface area (Å²) in [5.41, 5.74) is 6.47. The lowest BCUT2D eigenvalue weighted by Gasteiger charge is -2.20. The van der Waals surface area contributed by atoms with E-state index < -0.39 is 30.5 Å². The zero-order valence-corrected chi connectivity index (χ0v) is 11.3. The van der Waals surface area contributed by atoms with Crippen molar-refractivity contribution in [2.45, 2.75) is 32.0 Å². The van der Waals surface area contributed by atoms with Crippen LogP contribution in [0.15, 0.2) is 30.3 Å². The second kappa shape index (κ2) is 7.28. The van der Waals surface area contributed by atoms with Crippen LogP contribution in [0.2, 0.25) is 0 Å². The Bertz CT molecular complexity index is 420. The number of nitrogens with one attached hydrogen (secondary N) is 1. The van der Waals surface area contributed by atoms with E-state index in [1.54, 1.807) is 0 Å². The molecule has 6 heteroatoms. The Morgan fingerprint density at radius 2 is 1.90 bits per heavy atom. The summed E-state index contributed by atoms with van der Waals surface area (Å²) in [5, 5.41) is 2.37. The number of alkyl halides is 3. The molecule has 20 heavy (non-hydrogen) atoms. The van der Waals surface area contributed by atoms with E-state index in [-0.39, 0.29) is 6.54 Å². The van der Waals surface area contributed by atoms with E-state index >= 15 is 0 Å². The fourth-order valence-corrected chi connectivity index (χ4v) is 1.94. The molecule has 0 saturated carbocycles. The molecule has 2 atom stereocenters. The number of hydrogen-bond acceptors (Lipinski definition) is 2. The van der Waals surface area contributed by atoms with Crippen molar-refractivity contribution in [2.24, 2.45) is 11.7 Å². The van der Waals surface area contributed by atoms with Crippen molar-refractivity contribution in [3.05, 3.63) is 35.9 Å². The van der Waals surface area contributed by atoms with Crippen LogP contribution in [-0.4, -0.2) is 24.7 Å². The van der Waals surface area contributed by atoms with Gasteiger partial charge in [0, 0.05) is 12.6 Å². The Morgan fingerprint density at radius 1 is 1.30 bits per heavy atom. The summed E-state index contributed by atoms with van der Waals surface area (Å²) >= 11 is 0. The molecular formula is C14H19F3N2O. The molecule has 0 aliphatic rings. The second-order valence-corrected chi connectivity index (χ2v) is 4.85. The van der Waals surface area contributed by atoms with Gasteiger partial charge in [0.2, 0.25) is 5.91 Å². The largest absolute Gasteiger partial charge is 0.391 e. The predicted molar refractivity (Wildman–Crippen MR) is 71.0 cm³/mol. The summed E-state index contributed by atoms with van der Waals surface area (Å²) in [4.78, 5) is 11.9. The Morgan fingerprint density at radius 3 is 2.40 bits per heavy atom. The molecule has 0 aromatic heterocycles. The van der Waals surface area contributed by atoms with E-state index in [0.29, 0.717) is 6.42 Å². The third-order valence-corrected chi connectivity index (χ3v) is 2.91. The molecule has 0 radical (unpaired) electrons. The van der Waals surface area contributed by atoms with Gasteiger partial charge in [0.15, 0.2) is 0 Å². The standard InChI is InChI=1S/C14H19F3N2O/c1-10(8-14(15,16)17)19-13(20)12(9-18)7-11-5-3-2-4-6-11/h2-6,10,12H,7-9,18H2,1H3,(H,19,20). The van der Waals surface area contributed by atoms with Crippen molar-refractivity contribution in [3.8, 4) is 0 Å². The van der Waals surface area contributed by atoms with E-state index in [0.717, 1.165) is 5.56 Å². The summed E-state index contributed by atoms with van der Waals surface area (Å²) < 4.78 is 36.6. The summed E-state index contributed by atoms with van der Waals surface area (Å²) in [7, 11) is 0. The molecule has 0 aliphatic heterocycles. The number of carbonyl (C=O) groups is 1. The Hall–Kier alpha value is -1.56. The number of hydrogen-bond donors (Lipinski definition) is 2. The molecule has 1 amide bonds. The first kappa shape index (κ1) is 16.5. The van der Waals surface area contributed by atoms with Gasteiger partial charge in [-0.3, -0.25) is 4.79 Å². The molecule has 2 unspecified atom stereocenters. The van der Waals surface area contributed by atoms with E-state index in [1.165, 1.54) is 6.92 Å². The Kier molecular flexibility index (Phi) is 6.01. The first-order valence-corrected chi connectivity index (χ1v) is 6.43. The average molecular weight is 288 g/mol. The smallest absolute Gasteiger partial charge is 0.353 e. The van der Waals surface area contributed by atoms with E-state index in [2.05, 4.69) is 5.32 Å². The summed E-state index contributed by atoms with van der Waals surface area (Å²) in [6.45, 7) is 1.43. The molecule has 1 rings (SSSR count). The summed E-state index contributed by atoms with van der Waals surface area (Å²) in [6.07, 6.45) is -4.91. The van der Waals surface area contributed by atoms with E-state index in [9.17, 15) is 18.0 Å². The zero-order chi connectivity index (χ0) is 15.2. The topological polar surface area (TPSA) is 55.1 Å². The number of nitrogens with two attached hydrogens (primary N) is 1. The monoisotopic (exact) mass is 288 g/mol. The first-order valence-electron chi connectivity index (χ1n) is 6.43. The van der Waals surface area contributed by atoms with Crippen molar-refractivity contribution in [2.75, 3.05) is 6.54 Å². The maximum atomic E-state index is 12.2. The van der Waals surface area contributed by atoms with Crippen molar-refractivity contribution in [3.63, 3.8) is 0 Å². The van der Waals surface area contributed by atoms with Crippen molar-refractivity contribution < 1.29 is 18.0 Å². The van der Waals surface area contributed by atoms with Gasteiger partial charge in [-0.15, -0.1) is 0 Å². The van der Waals surface area contributed by atoms with Crippen LogP contribution in [-0.2, 0) is 11.2 Å². The van der Waals surface area contributed by atoms with Gasteiger partial charge in [-0.25, -0.2) is 0 Å². The lowest BCUT2D eigenvalue weighted by molar-refractivity contribution is -0.142. The maximum absolute atomic E-state index is 12.2. The molecule has 0 fully saturated rings. The highest BCUT2D eigenvalue weighted by atomic mass is 19.4. The molecule has 1 aromatic rings. The first-order chi connectivity index (χ1) is 9.31. The van der Waals surface area contributed by atoms with Crippen LogP contribution in [0.25, 0.3) is 0 Å². The van der Waals surface area contributed by atoms with Gasteiger partial charge in [0.05, 0.1) is 12.3 Å². The molecular weight excluding hydrogens is 269 g/mol.